The van der Waals surface area contributed by atoms with Crippen LogP contribution in [-0.2, 0) is 19.5 Å². The highest BCUT2D eigenvalue weighted by atomic mass is 35.5. The standard InChI is InChI=1S/C20H20ClN3O8S/c1-2-32-20(26)14-9-13(10-16(11-14)24(27)28)19(25)22-15-3-4-17(21)18(12-15)33(29,30)23-5-7-31-8-6-23/h3-4,9-12H,2,5-8H2,1H3,(H,22,25). The fourth-order valence-electron chi connectivity index (χ4n) is 3.09. The van der Waals surface area contributed by atoms with Gasteiger partial charge in [-0.15, -0.1) is 0 Å². The quantitative estimate of drug-likeness (QED) is 0.349. The van der Waals surface area contributed by atoms with Gasteiger partial charge in [-0.25, -0.2) is 13.2 Å². The molecule has 1 aliphatic heterocycles. The molecule has 0 radical (unpaired) electrons. The van der Waals surface area contributed by atoms with Crippen LogP contribution in [0.1, 0.15) is 27.6 Å². The fraction of sp³-hybridized carbons (Fsp3) is 0.300. The number of esters is 1. The molecular formula is C20H20ClN3O8S. The highest BCUT2D eigenvalue weighted by molar-refractivity contribution is 7.89. The summed E-state index contributed by atoms with van der Waals surface area (Å²) in [6.45, 7) is 2.46. The van der Waals surface area contributed by atoms with Crippen LogP contribution in [0.4, 0.5) is 11.4 Å². The highest BCUT2D eigenvalue weighted by Gasteiger charge is 2.29. The zero-order chi connectivity index (χ0) is 24.2. The van der Waals surface area contributed by atoms with E-state index in [0.29, 0.717) is 0 Å². The lowest BCUT2D eigenvalue weighted by Crippen LogP contribution is -2.40. The van der Waals surface area contributed by atoms with Crippen LogP contribution in [0.3, 0.4) is 0 Å². The van der Waals surface area contributed by atoms with Gasteiger partial charge >= 0.3 is 5.97 Å². The lowest BCUT2D eigenvalue weighted by atomic mass is 10.1. The smallest absolute Gasteiger partial charge is 0.338 e. The number of anilines is 1. The number of morpholine rings is 1. The van der Waals surface area contributed by atoms with Crippen LogP contribution in [-0.4, -0.2) is 62.4 Å². The Kier molecular flexibility index (Phi) is 7.64. The maximum atomic E-state index is 13.0. The van der Waals surface area contributed by atoms with Crippen molar-refractivity contribution in [3.63, 3.8) is 0 Å². The largest absolute Gasteiger partial charge is 0.462 e. The molecule has 0 atom stereocenters. The molecule has 3 rings (SSSR count). The van der Waals surface area contributed by atoms with Crippen LogP contribution in [0.2, 0.25) is 5.02 Å². The second-order valence-electron chi connectivity index (χ2n) is 6.86. The van der Waals surface area contributed by atoms with E-state index in [1.54, 1.807) is 6.92 Å². The lowest BCUT2D eigenvalue weighted by Gasteiger charge is -2.26. The van der Waals surface area contributed by atoms with E-state index in [1.807, 2.05) is 0 Å². The SMILES string of the molecule is CCOC(=O)c1cc(C(=O)Nc2ccc(Cl)c(S(=O)(=O)N3CCOCC3)c2)cc([N+](=O)[O-])c1. The molecule has 0 bridgehead atoms. The van der Waals surface area contributed by atoms with Crippen molar-refractivity contribution in [1.82, 2.24) is 4.31 Å². The summed E-state index contributed by atoms with van der Waals surface area (Å²) in [7, 11) is -3.94. The normalized spacial score (nSPS) is 14.5. The number of non-ortho nitro benzene ring substituents is 1. The molecular weight excluding hydrogens is 478 g/mol. The molecule has 1 aliphatic rings. The zero-order valence-corrected chi connectivity index (χ0v) is 19.0. The van der Waals surface area contributed by atoms with E-state index in [4.69, 9.17) is 21.1 Å². The second kappa shape index (κ2) is 10.3. The molecule has 0 saturated carbocycles. The molecule has 33 heavy (non-hydrogen) atoms. The van der Waals surface area contributed by atoms with E-state index in [-0.39, 0.29) is 59.6 Å². The van der Waals surface area contributed by atoms with E-state index in [9.17, 15) is 28.1 Å². The van der Waals surface area contributed by atoms with Crippen molar-refractivity contribution < 1.29 is 32.4 Å². The number of benzene rings is 2. The van der Waals surface area contributed by atoms with Crippen molar-refractivity contribution in [2.75, 3.05) is 38.2 Å². The van der Waals surface area contributed by atoms with E-state index in [2.05, 4.69) is 5.32 Å². The van der Waals surface area contributed by atoms with Crippen molar-refractivity contribution in [1.29, 1.82) is 0 Å². The highest BCUT2D eigenvalue weighted by Crippen LogP contribution is 2.29. The predicted octanol–water partition coefficient (Wildman–Crippen LogP) is 2.70. The van der Waals surface area contributed by atoms with Crippen LogP contribution in [0.25, 0.3) is 0 Å². The Morgan fingerprint density at radius 1 is 1.18 bits per heavy atom. The Bertz CT molecular complexity index is 1200. The monoisotopic (exact) mass is 497 g/mol. The molecule has 1 saturated heterocycles. The first-order valence-corrected chi connectivity index (χ1v) is 11.6. The summed E-state index contributed by atoms with van der Waals surface area (Å²) in [5.74, 6) is -1.61. The fourth-order valence-corrected chi connectivity index (χ4v) is 5.00. The number of nitrogens with one attached hydrogen (secondary N) is 1. The van der Waals surface area contributed by atoms with Crippen molar-refractivity contribution in [2.24, 2.45) is 0 Å². The molecule has 0 spiro atoms. The van der Waals surface area contributed by atoms with Crippen molar-refractivity contribution >= 4 is 44.9 Å². The Balaban J connectivity index is 1.91. The van der Waals surface area contributed by atoms with Crippen LogP contribution < -0.4 is 5.32 Å². The lowest BCUT2D eigenvalue weighted by molar-refractivity contribution is -0.384. The number of sulfonamides is 1. The molecule has 0 unspecified atom stereocenters. The van der Waals surface area contributed by atoms with Gasteiger partial charge in [0.25, 0.3) is 11.6 Å². The average molecular weight is 498 g/mol. The number of amides is 1. The molecule has 13 heteroatoms. The molecule has 0 aromatic heterocycles. The van der Waals surface area contributed by atoms with Crippen LogP contribution in [0.15, 0.2) is 41.3 Å². The number of nitro groups is 1. The van der Waals surface area contributed by atoms with E-state index < -0.39 is 32.5 Å². The number of hydrogen-bond acceptors (Lipinski definition) is 8. The minimum absolute atomic E-state index is 0.0283. The van der Waals surface area contributed by atoms with Gasteiger partial charge in [-0.05, 0) is 31.2 Å². The third-order valence-electron chi connectivity index (χ3n) is 4.68. The first-order chi connectivity index (χ1) is 15.6. The van der Waals surface area contributed by atoms with Gasteiger partial charge in [-0.1, -0.05) is 11.6 Å². The molecule has 2 aromatic rings. The van der Waals surface area contributed by atoms with Gasteiger partial charge in [-0.2, -0.15) is 4.31 Å². The number of carbonyl (C=O) groups is 2. The van der Waals surface area contributed by atoms with Gasteiger partial charge in [0.2, 0.25) is 10.0 Å². The summed E-state index contributed by atoms with van der Waals surface area (Å²) in [5, 5.41) is 13.7. The second-order valence-corrected chi connectivity index (χ2v) is 9.18. The van der Waals surface area contributed by atoms with Gasteiger partial charge < -0.3 is 14.8 Å². The molecule has 1 N–H and O–H groups in total. The van der Waals surface area contributed by atoms with Gasteiger partial charge in [0, 0.05) is 36.5 Å². The number of nitro benzene ring substituents is 1. The predicted molar refractivity (Wildman–Crippen MR) is 118 cm³/mol. The average Bonchev–Trinajstić information content (AvgIpc) is 2.80. The van der Waals surface area contributed by atoms with Gasteiger partial charge in [-0.3, -0.25) is 14.9 Å². The summed E-state index contributed by atoms with van der Waals surface area (Å²) in [6, 6.07) is 7.07. The number of carbonyl (C=O) groups excluding carboxylic acids is 2. The molecule has 1 amide bonds. The minimum Gasteiger partial charge on any atom is -0.462 e. The Morgan fingerprint density at radius 3 is 2.48 bits per heavy atom. The van der Waals surface area contributed by atoms with Crippen molar-refractivity contribution in [3.8, 4) is 0 Å². The van der Waals surface area contributed by atoms with E-state index >= 15 is 0 Å². The van der Waals surface area contributed by atoms with Crippen LogP contribution >= 0.6 is 11.6 Å². The third-order valence-corrected chi connectivity index (χ3v) is 7.06. The molecule has 0 aliphatic carbocycles. The summed E-state index contributed by atoms with van der Waals surface area (Å²) in [5.41, 5.74) is -0.722. The number of rotatable bonds is 7. The Labute approximate surface area is 194 Å². The summed E-state index contributed by atoms with van der Waals surface area (Å²) in [6.07, 6.45) is 0. The number of nitrogens with zero attached hydrogens (tertiary/aromatic N) is 2. The number of ether oxygens (including phenoxy) is 2. The maximum absolute atomic E-state index is 13.0. The first kappa shape index (κ1) is 24.6. The molecule has 1 fully saturated rings. The molecule has 176 valence electrons. The van der Waals surface area contributed by atoms with E-state index in [0.717, 1.165) is 18.2 Å². The van der Waals surface area contributed by atoms with Crippen LogP contribution in [0.5, 0.6) is 0 Å². The molecule has 2 aromatic carbocycles. The van der Waals surface area contributed by atoms with Gasteiger partial charge in [0.15, 0.2) is 0 Å². The number of halogens is 1. The maximum Gasteiger partial charge on any atom is 0.338 e. The van der Waals surface area contributed by atoms with Crippen molar-refractivity contribution in [3.05, 3.63) is 62.7 Å². The third kappa shape index (κ3) is 5.66. The first-order valence-electron chi connectivity index (χ1n) is 9.79. The topological polar surface area (TPSA) is 145 Å². The summed E-state index contributed by atoms with van der Waals surface area (Å²) < 4.78 is 37.2. The van der Waals surface area contributed by atoms with Crippen LogP contribution in [0, 0.1) is 10.1 Å². The van der Waals surface area contributed by atoms with Gasteiger partial charge in [0.1, 0.15) is 4.90 Å². The zero-order valence-electron chi connectivity index (χ0n) is 17.4. The number of hydrogen-bond donors (Lipinski definition) is 1. The minimum atomic E-state index is -3.94. The van der Waals surface area contributed by atoms with Gasteiger partial charge in [0.05, 0.1) is 35.3 Å². The Hall–Kier alpha value is -3.06. The van der Waals surface area contributed by atoms with Crippen molar-refractivity contribution in [2.45, 2.75) is 11.8 Å². The molecule has 11 nitrogen and oxygen atoms in total. The Morgan fingerprint density at radius 2 is 1.85 bits per heavy atom. The summed E-state index contributed by atoms with van der Waals surface area (Å²) in [4.78, 5) is 35.1. The summed E-state index contributed by atoms with van der Waals surface area (Å²) >= 11 is 6.12. The molecule has 1 heterocycles. The van der Waals surface area contributed by atoms with E-state index in [1.165, 1.54) is 22.5 Å².